The molecule has 0 unspecified atom stereocenters. The van der Waals surface area contributed by atoms with Crippen molar-refractivity contribution >= 4 is 96.8 Å². The predicted octanol–water partition coefficient (Wildman–Crippen LogP) is 12.5. The van der Waals surface area contributed by atoms with Crippen LogP contribution in [0.3, 0.4) is 0 Å². The molecule has 8 aromatic carbocycles. The highest BCUT2D eigenvalue weighted by molar-refractivity contribution is 7.26. The van der Waals surface area contributed by atoms with E-state index in [1.165, 1.54) is 91.1 Å². The molecule has 208 valence electrons. The fourth-order valence-electron chi connectivity index (χ4n) is 7.91. The molecule has 0 aliphatic rings. The lowest BCUT2D eigenvalue weighted by molar-refractivity contribution is 0.669. The van der Waals surface area contributed by atoms with Gasteiger partial charge in [0, 0.05) is 53.0 Å². The Kier molecular flexibility index (Phi) is 4.49. The van der Waals surface area contributed by atoms with Gasteiger partial charge in [-0.3, -0.25) is 0 Å². The Morgan fingerprint density at radius 1 is 0.444 bits per heavy atom. The summed E-state index contributed by atoms with van der Waals surface area (Å²) in [5, 5.41) is 12.5. The Labute approximate surface area is 261 Å². The van der Waals surface area contributed by atoms with Crippen LogP contribution in [0.1, 0.15) is 0 Å². The van der Waals surface area contributed by atoms with E-state index in [4.69, 9.17) is 4.42 Å². The fourth-order valence-corrected chi connectivity index (χ4v) is 9.13. The Bertz CT molecular complexity index is 2980. The minimum Gasteiger partial charge on any atom is -0.456 e. The molecular formula is C42H23NOS. The summed E-state index contributed by atoms with van der Waals surface area (Å²) in [7, 11) is 0. The molecular weight excluding hydrogens is 567 g/mol. The molecule has 0 amide bonds. The van der Waals surface area contributed by atoms with Crippen LogP contribution < -0.4 is 0 Å². The summed E-state index contributed by atoms with van der Waals surface area (Å²) in [6.45, 7) is 0. The van der Waals surface area contributed by atoms with Gasteiger partial charge in [-0.1, -0.05) is 97.1 Å². The van der Waals surface area contributed by atoms with E-state index >= 15 is 0 Å². The second kappa shape index (κ2) is 8.50. The third-order valence-electron chi connectivity index (χ3n) is 9.73. The van der Waals surface area contributed by atoms with Crippen molar-refractivity contribution in [1.29, 1.82) is 0 Å². The number of hydrogen-bond acceptors (Lipinski definition) is 2. The van der Waals surface area contributed by atoms with E-state index in [1.807, 2.05) is 11.3 Å². The first-order valence-corrected chi connectivity index (χ1v) is 16.2. The van der Waals surface area contributed by atoms with Gasteiger partial charge in [0.05, 0.1) is 11.0 Å². The minimum atomic E-state index is 0.933. The highest BCUT2D eigenvalue weighted by atomic mass is 32.1. The van der Waals surface area contributed by atoms with Crippen LogP contribution in [-0.2, 0) is 0 Å². The molecule has 45 heavy (non-hydrogen) atoms. The Balaban J connectivity index is 1.40. The lowest BCUT2D eigenvalue weighted by Gasteiger charge is -2.12. The van der Waals surface area contributed by atoms with Gasteiger partial charge in [0.1, 0.15) is 11.2 Å². The van der Waals surface area contributed by atoms with Gasteiger partial charge in [0.25, 0.3) is 0 Å². The number of benzene rings is 7. The largest absolute Gasteiger partial charge is 0.456 e. The van der Waals surface area contributed by atoms with Crippen LogP contribution in [0.15, 0.2) is 144 Å². The van der Waals surface area contributed by atoms with Gasteiger partial charge in [-0.05, 0) is 69.6 Å². The van der Waals surface area contributed by atoms with E-state index in [-0.39, 0.29) is 0 Å². The first-order valence-electron chi connectivity index (χ1n) is 15.4. The summed E-state index contributed by atoms with van der Waals surface area (Å²) in [6.07, 6.45) is 0. The summed E-state index contributed by atoms with van der Waals surface area (Å²) in [4.78, 5) is 0. The molecule has 0 fully saturated rings. The SMILES string of the molecule is c1ccc(-c2cc(-n3c4cccc5c6ccccc6c6cccc7oc8ccc3c(c8c76)c54)cc3c2sc2ccccc23)cc1. The van der Waals surface area contributed by atoms with E-state index in [1.54, 1.807) is 0 Å². The molecule has 0 aliphatic carbocycles. The molecule has 2 nitrogen and oxygen atoms in total. The van der Waals surface area contributed by atoms with Gasteiger partial charge in [0.15, 0.2) is 0 Å². The number of nitrogens with zero attached hydrogens (tertiary/aromatic N) is 1. The van der Waals surface area contributed by atoms with Crippen molar-refractivity contribution in [2.24, 2.45) is 0 Å². The smallest absolute Gasteiger partial charge is 0.136 e. The molecule has 0 bridgehead atoms. The average molecular weight is 590 g/mol. The Morgan fingerprint density at radius 2 is 1.11 bits per heavy atom. The van der Waals surface area contributed by atoms with E-state index in [9.17, 15) is 0 Å². The van der Waals surface area contributed by atoms with Crippen LogP contribution in [0.5, 0.6) is 0 Å². The van der Waals surface area contributed by atoms with E-state index in [0.717, 1.165) is 11.2 Å². The summed E-state index contributed by atoms with van der Waals surface area (Å²) in [5.41, 5.74) is 7.93. The molecule has 0 atom stereocenters. The highest BCUT2D eigenvalue weighted by Gasteiger charge is 2.23. The van der Waals surface area contributed by atoms with Crippen LogP contribution in [0.25, 0.3) is 102 Å². The van der Waals surface area contributed by atoms with Crippen molar-refractivity contribution < 1.29 is 4.42 Å². The normalized spacial score (nSPS) is 12.4. The number of rotatable bonds is 2. The quantitative estimate of drug-likeness (QED) is 0.196. The predicted molar refractivity (Wildman–Crippen MR) is 193 cm³/mol. The maximum Gasteiger partial charge on any atom is 0.136 e. The van der Waals surface area contributed by atoms with Gasteiger partial charge >= 0.3 is 0 Å². The number of aromatic nitrogens is 1. The van der Waals surface area contributed by atoms with Gasteiger partial charge in [-0.25, -0.2) is 0 Å². The van der Waals surface area contributed by atoms with Crippen LogP contribution in [-0.4, -0.2) is 4.57 Å². The third-order valence-corrected chi connectivity index (χ3v) is 10.9. The standard InChI is InChI=1S/C42H23NOS/c1-2-10-24(11-3-1)31-22-25(23-32-28-14-6-7-19-37(28)45-42(31)32)43-33-17-8-15-29-26-12-4-5-13-27(26)30-16-9-18-35-39(30)41-36(44-35)21-20-34(43)40(41)38(29)33/h1-23H. The van der Waals surface area contributed by atoms with Crippen molar-refractivity contribution in [1.82, 2.24) is 4.57 Å². The first-order chi connectivity index (χ1) is 22.3. The molecule has 3 aromatic heterocycles. The lowest BCUT2D eigenvalue weighted by atomic mass is 9.95. The third kappa shape index (κ3) is 3.03. The molecule has 11 rings (SSSR count). The zero-order chi connectivity index (χ0) is 29.2. The van der Waals surface area contributed by atoms with Crippen LogP contribution in [0, 0.1) is 0 Å². The summed E-state index contributed by atoms with van der Waals surface area (Å²) < 4.78 is 11.7. The fraction of sp³-hybridized carbons (Fsp3) is 0. The molecule has 0 saturated heterocycles. The number of fused-ring (bicyclic) bond motifs is 6. The van der Waals surface area contributed by atoms with Gasteiger partial charge in [-0.2, -0.15) is 0 Å². The highest BCUT2D eigenvalue weighted by Crippen LogP contribution is 2.48. The van der Waals surface area contributed by atoms with Crippen LogP contribution in [0.2, 0.25) is 0 Å². The second-order valence-electron chi connectivity index (χ2n) is 12.0. The molecule has 0 radical (unpaired) electrons. The summed E-state index contributed by atoms with van der Waals surface area (Å²) in [5.74, 6) is 0. The minimum absolute atomic E-state index is 0.933. The van der Waals surface area contributed by atoms with Crippen molar-refractivity contribution in [3.8, 4) is 16.8 Å². The van der Waals surface area contributed by atoms with Crippen molar-refractivity contribution in [2.45, 2.75) is 0 Å². The van der Waals surface area contributed by atoms with Crippen molar-refractivity contribution in [3.63, 3.8) is 0 Å². The molecule has 3 heterocycles. The maximum absolute atomic E-state index is 6.57. The molecule has 0 spiro atoms. The van der Waals surface area contributed by atoms with Gasteiger partial charge < -0.3 is 8.98 Å². The van der Waals surface area contributed by atoms with Crippen molar-refractivity contribution in [2.75, 3.05) is 0 Å². The molecule has 0 N–H and O–H groups in total. The average Bonchev–Trinajstić information content (AvgIpc) is 3.77. The van der Waals surface area contributed by atoms with Crippen LogP contribution in [0.4, 0.5) is 0 Å². The number of hydrogen-bond donors (Lipinski definition) is 0. The monoisotopic (exact) mass is 589 g/mol. The first kappa shape index (κ1) is 23.8. The van der Waals surface area contributed by atoms with E-state index in [2.05, 4.69) is 144 Å². The van der Waals surface area contributed by atoms with E-state index in [0.29, 0.717) is 0 Å². The topological polar surface area (TPSA) is 18.1 Å². The zero-order valence-electron chi connectivity index (χ0n) is 24.0. The van der Waals surface area contributed by atoms with Gasteiger partial charge in [-0.15, -0.1) is 11.3 Å². The second-order valence-corrected chi connectivity index (χ2v) is 13.1. The van der Waals surface area contributed by atoms with Crippen molar-refractivity contribution in [3.05, 3.63) is 140 Å². The molecule has 0 saturated carbocycles. The Morgan fingerprint density at radius 3 is 1.96 bits per heavy atom. The molecule has 0 aliphatic heterocycles. The number of thiophene rings is 1. The lowest BCUT2D eigenvalue weighted by Crippen LogP contribution is -1.95. The molecule has 11 aromatic rings. The van der Waals surface area contributed by atoms with Crippen LogP contribution >= 0.6 is 11.3 Å². The zero-order valence-corrected chi connectivity index (χ0v) is 24.9. The van der Waals surface area contributed by atoms with Gasteiger partial charge in [0.2, 0.25) is 0 Å². The Hall–Kier alpha value is -5.64. The maximum atomic E-state index is 6.57. The molecule has 3 heteroatoms. The summed E-state index contributed by atoms with van der Waals surface area (Å²) in [6, 6.07) is 51.0. The number of furan rings is 1. The summed E-state index contributed by atoms with van der Waals surface area (Å²) >= 11 is 1.88. The van der Waals surface area contributed by atoms with E-state index < -0.39 is 0 Å².